The summed E-state index contributed by atoms with van der Waals surface area (Å²) in [5, 5.41) is 0. The molecular formula is C17H22N4O4. The number of aromatic nitrogens is 1. The molecule has 1 atom stereocenters. The van der Waals surface area contributed by atoms with E-state index in [2.05, 4.69) is 4.98 Å². The van der Waals surface area contributed by atoms with Gasteiger partial charge in [0.2, 0.25) is 11.8 Å². The molecule has 8 nitrogen and oxygen atoms in total. The number of carbonyl (C=O) groups excluding carboxylic acids is 3. The number of rotatable bonds is 2. The predicted octanol–water partition coefficient (Wildman–Crippen LogP) is -0.731. The molecule has 0 spiro atoms. The van der Waals surface area contributed by atoms with Gasteiger partial charge in [0.15, 0.2) is 0 Å². The number of nitrogens with one attached hydrogen (secondary N) is 1. The molecule has 134 valence electrons. The van der Waals surface area contributed by atoms with Gasteiger partial charge in [0.1, 0.15) is 5.56 Å². The molecule has 0 unspecified atom stereocenters. The first kappa shape index (κ1) is 17.2. The van der Waals surface area contributed by atoms with Gasteiger partial charge in [0.25, 0.3) is 11.5 Å². The fourth-order valence-corrected chi connectivity index (χ4v) is 3.51. The number of primary amides is 1. The molecule has 2 heterocycles. The minimum atomic E-state index is -0.649. The van der Waals surface area contributed by atoms with Gasteiger partial charge in [-0.25, -0.2) is 0 Å². The molecule has 1 aromatic heterocycles. The number of fused-ring (bicyclic) bond motifs is 1. The van der Waals surface area contributed by atoms with E-state index < -0.39 is 23.3 Å². The van der Waals surface area contributed by atoms with E-state index in [1.807, 2.05) is 0 Å². The van der Waals surface area contributed by atoms with Gasteiger partial charge < -0.3 is 20.5 Å². The van der Waals surface area contributed by atoms with Crippen LogP contribution < -0.4 is 11.3 Å². The lowest BCUT2D eigenvalue weighted by Crippen LogP contribution is -2.42. The number of nitrogens with zero attached hydrogens (tertiary/aromatic N) is 2. The Morgan fingerprint density at radius 3 is 2.52 bits per heavy atom. The first-order valence-electron chi connectivity index (χ1n) is 8.46. The number of H-pyrrole nitrogens is 1. The van der Waals surface area contributed by atoms with Crippen LogP contribution in [0.3, 0.4) is 0 Å². The number of hydrogen-bond donors (Lipinski definition) is 2. The Hall–Kier alpha value is -2.64. The molecule has 1 saturated heterocycles. The van der Waals surface area contributed by atoms with E-state index in [4.69, 9.17) is 5.73 Å². The second-order valence-electron chi connectivity index (χ2n) is 6.68. The number of hydrogen-bond acceptors (Lipinski definition) is 4. The summed E-state index contributed by atoms with van der Waals surface area (Å²) in [6, 6.07) is 1.66. The molecule has 0 radical (unpaired) electrons. The summed E-state index contributed by atoms with van der Waals surface area (Å²) in [6.07, 6.45) is 2.62. The van der Waals surface area contributed by atoms with Gasteiger partial charge in [-0.1, -0.05) is 0 Å². The molecule has 8 heteroatoms. The molecule has 0 saturated carbocycles. The molecule has 1 aromatic rings. The van der Waals surface area contributed by atoms with Crippen molar-refractivity contribution in [3.05, 3.63) is 33.2 Å². The summed E-state index contributed by atoms with van der Waals surface area (Å²) in [5.41, 5.74) is 6.99. The minimum absolute atomic E-state index is 0.0835. The highest BCUT2D eigenvalue weighted by Gasteiger charge is 2.31. The lowest BCUT2D eigenvalue weighted by Gasteiger charge is -2.22. The zero-order valence-electron chi connectivity index (χ0n) is 14.2. The standard InChI is InChI=1S/C17H22N4O4/c1-10(22)20-5-6-21(9-12(8-20)15(18)23)17(25)13-7-11-3-2-4-14(11)19-16(13)24/h7,12H,2-6,8-9H2,1H3,(H2,18,23)(H,19,24)/t12-/m0/s1. The Morgan fingerprint density at radius 1 is 1.16 bits per heavy atom. The summed E-state index contributed by atoms with van der Waals surface area (Å²) in [4.78, 5) is 54.2. The molecule has 25 heavy (non-hydrogen) atoms. The lowest BCUT2D eigenvalue weighted by atomic mass is 10.1. The third kappa shape index (κ3) is 3.42. The van der Waals surface area contributed by atoms with Crippen LogP contribution in [-0.2, 0) is 22.4 Å². The van der Waals surface area contributed by atoms with E-state index in [1.54, 1.807) is 6.07 Å². The molecule has 0 bridgehead atoms. The van der Waals surface area contributed by atoms with Gasteiger partial charge in [-0.3, -0.25) is 19.2 Å². The first-order valence-corrected chi connectivity index (χ1v) is 8.46. The Morgan fingerprint density at radius 2 is 1.84 bits per heavy atom. The van der Waals surface area contributed by atoms with E-state index >= 15 is 0 Å². The SMILES string of the molecule is CC(=O)N1CCN(C(=O)c2cc3c([nH]c2=O)CCC3)C[C@@H](C(N)=O)C1. The van der Waals surface area contributed by atoms with Crippen LogP contribution in [-0.4, -0.2) is 58.7 Å². The van der Waals surface area contributed by atoms with Gasteiger partial charge in [0, 0.05) is 38.8 Å². The van der Waals surface area contributed by atoms with Gasteiger partial charge >= 0.3 is 0 Å². The molecule has 1 fully saturated rings. The smallest absolute Gasteiger partial charge is 0.261 e. The van der Waals surface area contributed by atoms with Crippen molar-refractivity contribution in [3.8, 4) is 0 Å². The van der Waals surface area contributed by atoms with E-state index in [0.29, 0.717) is 6.54 Å². The van der Waals surface area contributed by atoms with Crippen molar-refractivity contribution >= 4 is 17.7 Å². The third-order valence-corrected chi connectivity index (χ3v) is 4.97. The van der Waals surface area contributed by atoms with Gasteiger partial charge in [-0.2, -0.15) is 0 Å². The molecule has 1 aliphatic heterocycles. The molecule has 2 aliphatic rings. The van der Waals surface area contributed by atoms with Gasteiger partial charge in [-0.15, -0.1) is 0 Å². The Kier molecular flexibility index (Phi) is 4.61. The second-order valence-corrected chi connectivity index (χ2v) is 6.68. The molecule has 3 N–H and O–H groups in total. The number of carbonyl (C=O) groups is 3. The van der Waals surface area contributed by atoms with Crippen LogP contribution >= 0.6 is 0 Å². The molecular weight excluding hydrogens is 324 g/mol. The van der Waals surface area contributed by atoms with Crippen molar-refractivity contribution in [2.75, 3.05) is 26.2 Å². The van der Waals surface area contributed by atoms with Crippen LogP contribution in [0, 0.1) is 5.92 Å². The molecule has 1 aliphatic carbocycles. The monoisotopic (exact) mass is 346 g/mol. The van der Waals surface area contributed by atoms with Crippen LogP contribution in [0.1, 0.15) is 35.0 Å². The zero-order chi connectivity index (χ0) is 18.1. The van der Waals surface area contributed by atoms with Crippen molar-refractivity contribution in [2.45, 2.75) is 26.2 Å². The number of aryl methyl sites for hydroxylation is 2. The lowest BCUT2D eigenvalue weighted by molar-refractivity contribution is -0.130. The minimum Gasteiger partial charge on any atom is -0.369 e. The Bertz CT molecular complexity index is 785. The van der Waals surface area contributed by atoms with Crippen molar-refractivity contribution in [1.82, 2.24) is 14.8 Å². The Balaban J connectivity index is 1.87. The van der Waals surface area contributed by atoms with Crippen molar-refractivity contribution in [2.24, 2.45) is 11.7 Å². The van der Waals surface area contributed by atoms with E-state index in [0.717, 1.165) is 30.5 Å². The highest BCUT2D eigenvalue weighted by Crippen LogP contribution is 2.20. The summed E-state index contributed by atoms with van der Waals surface area (Å²) >= 11 is 0. The quantitative estimate of drug-likeness (QED) is 0.734. The van der Waals surface area contributed by atoms with Crippen LogP contribution in [0.15, 0.2) is 10.9 Å². The maximum absolute atomic E-state index is 12.9. The van der Waals surface area contributed by atoms with Crippen LogP contribution in [0.2, 0.25) is 0 Å². The van der Waals surface area contributed by atoms with Crippen LogP contribution in [0.25, 0.3) is 0 Å². The average molecular weight is 346 g/mol. The summed E-state index contributed by atoms with van der Waals surface area (Å²) in [5.74, 6) is -1.80. The summed E-state index contributed by atoms with van der Waals surface area (Å²) < 4.78 is 0. The number of amides is 3. The molecule has 0 aromatic carbocycles. The Labute approximate surface area is 145 Å². The largest absolute Gasteiger partial charge is 0.369 e. The fourth-order valence-electron chi connectivity index (χ4n) is 3.51. The van der Waals surface area contributed by atoms with Crippen LogP contribution in [0.5, 0.6) is 0 Å². The maximum Gasteiger partial charge on any atom is 0.261 e. The van der Waals surface area contributed by atoms with E-state index in [9.17, 15) is 19.2 Å². The zero-order valence-corrected chi connectivity index (χ0v) is 14.2. The number of aromatic amines is 1. The topological polar surface area (TPSA) is 117 Å². The third-order valence-electron chi connectivity index (χ3n) is 4.97. The van der Waals surface area contributed by atoms with Crippen molar-refractivity contribution in [3.63, 3.8) is 0 Å². The molecule has 3 rings (SSSR count). The van der Waals surface area contributed by atoms with Gasteiger partial charge in [-0.05, 0) is 30.9 Å². The number of pyridine rings is 1. The average Bonchev–Trinajstić information content (AvgIpc) is 2.88. The van der Waals surface area contributed by atoms with E-state index in [1.165, 1.54) is 16.7 Å². The van der Waals surface area contributed by atoms with Gasteiger partial charge in [0.05, 0.1) is 5.92 Å². The van der Waals surface area contributed by atoms with Crippen molar-refractivity contribution in [1.29, 1.82) is 0 Å². The maximum atomic E-state index is 12.9. The highest BCUT2D eigenvalue weighted by atomic mass is 16.2. The van der Waals surface area contributed by atoms with Crippen LogP contribution in [0.4, 0.5) is 0 Å². The summed E-state index contributed by atoms with van der Waals surface area (Å²) in [7, 11) is 0. The molecule has 3 amide bonds. The highest BCUT2D eigenvalue weighted by molar-refractivity contribution is 5.94. The summed E-state index contributed by atoms with van der Waals surface area (Å²) in [6.45, 7) is 2.29. The number of nitrogens with two attached hydrogens (primary N) is 1. The second kappa shape index (κ2) is 6.70. The fraction of sp³-hybridized carbons (Fsp3) is 0.529. The predicted molar refractivity (Wildman–Crippen MR) is 89.9 cm³/mol. The first-order chi connectivity index (χ1) is 11.9. The van der Waals surface area contributed by atoms with Crippen molar-refractivity contribution < 1.29 is 14.4 Å². The normalized spacial score (nSPS) is 20.1. The van der Waals surface area contributed by atoms with E-state index in [-0.39, 0.29) is 31.1 Å².